The van der Waals surface area contributed by atoms with Crippen molar-refractivity contribution in [1.82, 2.24) is 9.29 Å². The smallest absolute Gasteiger partial charge is 0.305 e. The van der Waals surface area contributed by atoms with E-state index >= 15 is 4.21 Å². The summed E-state index contributed by atoms with van der Waals surface area (Å²) in [5.41, 5.74) is 6.17. The molecule has 2 unspecified atom stereocenters. The van der Waals surface area contributed by atoms with Crippen molar-refractivity contribution in [3.8, 4) is 0 Å². The molecule has 3 aromatic carbocycles. The highest BCUT2D eigenvalue weighted by molar-refractivity contribution is 7.94. The molecule has 6 nitrogen and oxygen atoms in total. The fraction of sp³-hybridized carbons (Fsp3) is 0.441. The van der Waals surface area contributed by atoms with Gasteiger partial charge in [0, 0.05) is 12.2 Å². The van der Waals surface area contributed by atoms with Gasteiger partial charge >= 0.3 is 6.03 Å². The molecule has 6 rings (SSSR count). The predicted molar refractivity (Wildman–Crippen MR) is 177 cm³/mol. The molecule has 1 saturated heterocycles. The third-order valence-electron chi connectivity index (χ3n) is 9.56. The van der Waals surface area contributed by atoms with Crippen LogP contribution in [-0.2, 0) is 35.6 Å². The Morgan fingerprint density at radius 1 is 0.905 bits per heavy atom. The van der Waals surface area contributed by atoms with E-state index in [2.05, 4.69) is 97.0 Å². The zero-order chi connectivity index (χ0) is 29.5. The van der Waals surface area contributed by atoms with Gasteiger partial charge in [-0.25, -0.2) is 13.4 Å². The molecule has 8 heteroatoms. The highest BCUT2D eigenvalue weighted by atomic mass is 32.2. The van der Waals surface area contributed by atoms with Crippen LogP contribution in [-0.4, -0.2) is 48.8 Å². The fourth-order valence-corrected chi connectivity index (χ4v) is 17.0. The monoisotopic (exact) mass is 600 g/mol. The topological polar surface area (TPSA) is 73.8 Å². The molecule has 1 fully saturated rings. The lowest BCUT2D eigenvalue weighted by Crippen LogP contribution is -2.75. The maximum absolute atomic E-state index is 15.5. The Bertz CT molecular complexity index is 1520. The van der Waals surface area contributed by atoms with Crippen molar-refractivity contribution < 1.29 is 9.00 Å². The summed E-state index contributed by atoms with van der Waals surface area (Å²) in [5, 5.41) is 4.94. The summed E-state index contributed by atoms with van der Waals surface area (Å²) >= 11 is 0. The molecule has 2 amide bonds. The minimum Gasteiger partial charge on any atom is -0.305 e. The highest BCUT2D eigenvalue weighted by Gasteiger charge is 2.52. The molecule has 42 heavy (non-hydrogen) atoms. The Labute approximate surface area is 252 Å². The molecule has 1 aliphatic heterocycles. The second-order valence-electron chi connectivity index (χ2n) is 13.3. The number of urea groups is 1. The number of hydrogen-bond acceptors (Lipinski definition) is 3. The predicted octanol–water partition coefficient (Wildman–Crippen LogP) is 5.43. The van der Waals surface area contributed by atoms with Crippen LogP contribution >= 0.6 is 0 Å². The summed E-state index contributed by atoms with van der Waals surface area (Å²) in [7, 11) is -4.13. The van der Waals surface area contributed by atoms with E-state index in [1.165, 1.54) is 22.3 Å². The lowest BCUT2D eigenvalue weighted by Gasteiger charge is -2.45. The van der Waals surface area contributed by atoms with Gasteiger partial charge in [0.05, 0.1) is 5.25 Å². The highest BCUT2D eigenvalue weighted by Crippen LogP contribution is 2.39. The van der Waals surface area contributed by atoms with Crippen molar-refractivity contribution in [3.05, 3.63) is 89.0 Å². The van der Waals surface area contributed by atoms with E-state index in [1.807, 2.05) is 12.1 Å². The number of benzene rings is 3. The molecule has 0 radical (unpaired) electrons. The Morgan fingerprint density at radius 2 is 1.45 bits per heavy atom. The van der Waals surface area contributed by atoms with Crippen molar-refractivity contribution in [1.29, 1.82) is 0 Å². The second-order valence-corrected chi connectivity index (χ2v) is 20.3. The van der Waals surface area contributed by atoms with Crippen LogP contribution in [0.1, 0.15) is 62.3 Å². The lowest BCUT2D eigenvalue weighted by atomic mass is 9.99. The van der Waals surface area contributed by atoms with Gasteiger partial charge in [-0.3, -0.25) is 0 Å². The van der Waals surface area contributed by atoms with Crippen LogP contribution in [0, 0.1) is 0 Å². The third kappa shape index (κ3) is 5.27. The first-order valence-corrected chi connectivity index (χ1v) is 19.0. The Kier molecular flexibility index (Phi) is 7.93. The molecule has 3 aromatic rings. The van der Waals surface area contributed by atoms with E-state index in [0.29, 0.717) is 6.54 Å². The second kappa shape index (κ2) is 11.4. The number of carbonyl (C=O) groups excluding carboxylic acids is 1. The summed E-state index contributed by atoms with van der Waals surface area (Å²) in [4.78, 5) is 16.2. The van der Waals surface area contributed by atoms with Crippen LogP contribution in [0.2, 0.25) is 5.04 Å². The SMILES string of the molecule is CN1CCC(S(=O)(=NC(=O)Nc2c3c(cc4c2CCC4)CCC3)N[Si](c2ccccc2)(c2ccccc2)C(C)(C)C)C1. The molecule has 0 aromatic heterocycles. The zero-order valence-corrected chi connectivity index (χ0v) is 27.2. The summed E-state index contributed by atoms with van der Waals surface area (Å²) in [5.74, 6) is 0. The number of carbonyl (C=O) groups is 1. The van der Waals surface area contributed by atoms with Crippen molar-refractivity contribution >= 4 is 40.2 Å². The maximum Gasteiger partial charge on any atom is 0.354 e. The number of fused-ring (bicyclic) bond motifs is 2. The number of nitrogens with one attached hydrogen (secondary N) is 2. The van der Waals surface area contributed by atoms with Crippen LogP contribution in [0.15, 0.2) is 71.1 Å². The molecule has 0 bridgehead atoms. The van der Waals surface area contributed by atoms with E-state index in [0.717, 1.165) is 67.6 Å². The first kappa shape index (κ1) is 29.3. The van der Waals surface area contributed by atoms with E-state index in [9.17, 15) is 4.79 Å². The van der Waals surface area contributed by atoms with Crippen LogP contribution < -0.4 is 20.1 Å². The van der Waals surface area contributed by atoms with Gasteiger partial charge in [0.25, 0.3) is 0 Å². The molecule has 3 aliphatic rings. The van der Waals surface area contributed by atoms with Gasteiger partial charge in [0.2, 0.25) is 8.24 Å². The first-order chi connectivity index (χ1) is 20.1. The molecule has 0 spiro atoms. The average Bonchev–Trinajstić information content (AvgIpc) is 3.73. The van der Waals surface area contributed by atoms with Gasteiger partial charge in [0.15, 0.2) is 0 Å². The number of amides is 2. The third-order valence-corrected chi connectivity index (χ3v) is 18.3. The van der Waals surface area contributed by atoms with E-state index in [1.54, 1.807) is 0 Å². The van der Waals surface area contributed by atoms with Gasteiger partial charge in [-0.2, -0.15) is 0 Å². The van der Waals surface area contributed by atoms with Crippen molar-refractivity contribution in [3.63, 3.8) is 0 Å². The van der Waals surface area contributed by atoms with Crippen LogP contribution in [0.3, 0.4) is 0 Å². The Morgan fingerprint density at radius 3 is 1.93 bits per heavy atom. The van der Waals surface area contributed by atoms with Gasteiger partial charge < -0.3 is 10.2 Å². The summed E-state index contributed by atoms with van der Waals surface area (Å²) < 4.78 is 24.0. The first-order valence-electron chi connectivity index (χ1n) is 15.4. The zero-order valence-electron chi connectivity index (χ0n) is 25.4. The van der Waals surface area contributed by atoms with Gasteiger partial charge in [0.1, 0.15) is 9.92 Å². The number of rotatable bonds is 6. The molecular weight excluding hydrogens is 557 g/mol. The summed E-state index contributed by atoms with van der Waals surface area (Å²) in [6.07, 6.45) is 7.01. The average molecular weight is 601 g/mol. The van der Waals surface area contributed by atoms with Gasteiger partial charge in [-0.1, -0.05) is 87.5 Å². The maximum atomic E-state index is 15.5. The summed E-state index contributed by atoms with van der Waals surface area (Å²) in [6.45, 7) is 8.15. The molecule has 2 atom stereocenters. The van der Waals surface area contributed by atoms with Crippen molar-refractivity contribution in [2.45, 2.75) is 76.0 Å². The Balaban J connectivity index is 1.49. The molecule has 222 valence electrons. The number of nitrogens with zero attached hydrogens (tertiary/aromatic N) is 2. The number of likely N-dealkylation sites (tertiary alicyclic amines) is 1. The molecule has 0 saturated carbocycles. The van der Waals surface area contributed by atoms with E-state index < -0.39 is 24.2 Å². The molecule has 2 N–H and O–H groups in total. The molecule has 2 aliphatic carbocycles. The fourth-order valence-electron chi connectivity index (χ4n) is 7.46. The number of hydrogen-bond donors (Lipinski definition) is 2. The lowest BCUT2D eigenvalue weighted by molar-refractivity contribution is 0.260. The molecule has 1 heterocycles. The number of aryl methyl sites for hydroxylation is 2. The standard InChI is InChI=1S/C34H44N4O2SSi/c1-34(2,3)42(28-15-7-5-8-16-28,29-17-9-6-10-18-29)37-41(40,27-21-22-38(4)24-27)36-33(39)35-32-30-19-11-13-25(30)23-26-14-12-20-31(26)32/h5-10,15-18,23,27H,11-14,19-22,24H2,1-4H3,(H2,35,36,37,39,40). The largest absolute Gasteiger partial charge is 0.354 e. The summed E-state index contributed by atoms with van der Waals surface area (Å²) in [6, 6.07) is 22.7. The van der Waals surface area contributed by atoms with E-state index in [-0.39, 0.29) is 10.3 Å². The van der Waals surface area contributed by atoms with Crippen LogP contribution in [0.25, 0.3) is 0 Å². The van der Waals surface area contributed by atoms with Crippen LogP contribution in [0.5, 0.6) is 0 Å². The minimum absolute atomic E-state index is 0.262. The number of anilines is 1. The Hall–Kier alpha value is -2.78. The van der Waals surface area contributed by atoms with Crippen molar-refractivity contribution in [2.75, 3.05) is 25.5 Å². The normalized spacial score (nSPS) is 20.1. The van der Waals surface area contributed by atoms with Gasteiger partial charge in [-0.05, 0) is 96.2 Å². The van der Waals surface area contributed by atoms with Gasteiger partial charge in [-0.15, -0.1) is 4.36 Å². The van der Waals surface area contributed by atoms with Crippen molar-refractivity contribution in [2.24, 2.45) is 4.36 Å². The molecular formula is C34H44N4O2SSi. The van der Waals surface area contributed by atoms with E-state index in [4.69, 9.17) is 4.36 Å². The minimum atomic E-state index is -3.20. The van der Waals surface area contributed by atoms with Crippen LogP contribution in [0.4, 0.5) is 10.5 Å². The quantitative estimate of drug-likeness (QED) is 0.371.